The van der Waals surface area contributed by atoms with Gasteiger partial charge < -0.3 is 14.3 Å². The molecule has 0 radical (unpaired) electrons. The van der Waals surface area contributed by atoms with Crippen molar-refractivity contribution >= 4 is 0 Å². The molecule has 27 heavy (non-hydrogen) atoms. The minimum Gasteiger partial charge on any atom is -0.385 e. The molecule has 4 saturated carbocycles. The van der Waals surface area contributed by atoms with Crippen molar-refractivity contribution in [1.29, 1.82) is 0 Å². The topological polar surface area (TPSA) is 29.5 Å². The van der Waals surface area contributed by atoms with Crippen LogP contribution in [0.15, 0.2) is 30.3 Å². The summed E-state index contributed by atoms with van der Waals surface area (Å²) in [6.07, 6.45) is 10.4. The summed E-state index contributed by atoms with van der Waals surface area (Å²) in [6.45, 7) is 4.84. The number of aliphatic hydroxyl groups excluding tert-OH is 1. The molecule has 1 heterocycles. The molecule has 1 atom stereocenters. The van der Waals surface area contributed by atoms with Crippen LogP contribution in [0.5, 0.6) is 0 Å². The Morgan fingerprint density at radius 1 is 0.963 bits per heavy atom. The maximum absolute atomic E-state index is 10.9. The van der Waals surface area contributed by atoms with Crippen molar-refractivity contribution in [3.8, 4) is 0 Å². The molecular formula is C24H36NO2+. The first-order valence-electron chi connectivity index (χ1n) is 11.3. The predicted molar refractivity (Wildman–Crippen MR) is 107 cm³/mol. The Hall–Kier alpha value is -0.900. The maximum atomic E-state index is 10.9. The molecule has 0 amide bonds. The molecule has 0 spiro atoms. The van der Waals surface area contributed by atoms with Gasteiger partial charge in [-0.1, -0.05) is 30.3 Å². The van der Waals surface area contributed by atoms with E-state index in [-0.39, 0.29) is 11.7 Å². The zero-order chi connectivity index (χ0) is 18.3. The molecule has 1 saturated heterocycles. The molecule has 1 aromatic carbocycles. The van der Waals surface area contributed by atoms with Gasteiger partial charge in [0.05, 0.1) is 25.3 Å². The first kappa shape index (κ1) is 18.1. The minimum absolute atomic E-state index is 0.116. The van der Waals surface area contributed by atoms with E-state index in [1.807, 2.05) is 0 Å². The monoisotopic (exact) mass is 370 g/mol. The first-order valence-corrected chi connectivity index (χ1v) is 11.3. The summed E-state index contributed by atoms with van der Waals surface area (Å²) in [4.78, 5) is 0. The average Bonchev–Trinajstić information content (AvgIpc) is 3.08. The van der Waals surface area contributed by atoms with Crippen molar-refractivity contribution < 1.29 is 14.3 Å². The zero-order valence-electron chi connectivity index (χ0n) is 16.7. The molecule has 0 aromatic heterocycles. The molecule has 0 unspecified atom stereocenters. The largest absolute Gasteiger partial charge is 0.385 e. The molecule has 148 valence electrons. The number of benzene rings is 1. The summed E-state index contributed by atoms with van der Waals surface area (Å²) < 4.78 is 7.59. The Morgan fingerprint density at radius 2 is 1.56 bits per heavy atom. The van der Waals surface area contributed by atoms with E-state index in [2.05, 4.69) is 30.3 Å². The molecule has 6 rings (SSSR count). The molecule has 4 bridgehead atoms. The minimum atomic E-state index is -0.334. The first-order chi connectivity index (χ1) is 13.1. The molecule has 5 aliphatic rings. The number of aliphatic hydroxyl groups is 1. The number of rotatable bonds is 7. The predicted octanol–water partition coefficient (Wildman–Crippen LogP) is 4.14. The van der Waals surface area contributed by atoms with Gasteiger partial charge in [-0.15, -0.1) is 0 Å². The molecule has 3 heteroatoms. The highest BCUT2D eigenvalue weighted by Crippen LogP contribution is 2.57. The lowest BCUT2D eigenvalue weighted by molar-refractivity contribution is -0.932. The lowest BCUT2D eigenvalue weighted by Gasteiger charge is -2.56. The highest BCUT2D eigenvalue weighted by molar-refractivity contribution is 5.13. The van der Waals surface area contributed by atoms with E-state index in [1.54, 1.807) is 0 Å². The molecule has 5 fully saturated rings. The van der Waals surface area contributed by atoms with E-state index in [1.165, 1.54) is 70.0 Å². The number of hydrogen-bond donors (Lipinski definition) is 1. The molecule has 1 aliphatic heterocycles. The number of ether oxygens (including phenoxy) is 1. The van der Waals surface area contributed by atoms with E-state index in [0.29, 0.717) is 6.61 Å². The van der Waals surface area contributed by atoms with Crippen molar-refractivity contribution in [2.24, 2.45) is 17.8 Å². The van der Waals surface area contributed by atoms with Gasteiger partial charge in [0.2, 0.25) is 0 Å². The number of nitrogens with zero attached hydrogens (tertiary/aromatic N) is 1. The Labute approximate surface area is 164 Å². The Kier molecular flexibility index (Phi) is 4.82. The van der Waals surface area contributed by atoms with E-state index in [4.69, 9.17) is 4.74 Å². The van der Waals surface area contributed by atoms with Crippen LogP contribution in [0.1, 0.15) is 56.9 Å². The molecule has 4 aliphatic carbocycles. The lowest BCUT2D eigenvalue weighted by Crippen LogP contribution is -2.54. The number of hydrogen-bond acceptors (Lipinski definition) is 2. The van der Waals surface area contributed by atoms with Crippen LogP contribution in [-0.4, -0.2) is 47.5 Å². The summed E-state index contributed by atoms with van der Waals surface area (Å²) >= 11 is 0. The molecular weight excluding hydrogens is 334 g/mol. The third-order valence-corrected chi connectivity index (χ3v) is 8.04. The molecule has 1 aromatic rings. The van der Waals surface area contributed by atoms with Crippen molar-refractivity contribution in [3.63, 3.8) is 0 Å². The van der Waals surface area contributed by atoms with Gasteiger partial charge >= 0.3 is 0 Å². The van der Waals surface area contributed by atoms with Gasteiger partial charge in [0.1, 0.15) is 19.2 Å². The summed E-state index contributed by atoms with van der Waals surface area (Å²) in [6, 6.07) is 10.8. The smallest absolute Gasteiger partial charge is 0.126 e. The van der Waals surface area contributed by atoms with Crippen molar-refractivity contribution in [2.45, 2.75) is 69.6 Å². The fourth-order valence-electron chi connectivity index (χ4n) is 7.36. The van der Waals surface area contributed by atoms with Gasteiger partial charge in [-0.3, -0.25) is 0 Å². The second-order valence-electron chi connectivity index (χ2n) is 10.4. The summed E-state index contributed by atoms with van der Waals surface area (Å²) in [7, 11) is 0. The Morgan fingerprint density at radius 3 is 2.15 bits per heavy atom. The SMILES string of the molecule is O[C@H](COC12CC3CC(CC(C3)C1)C2)C[N+]1(Cc2ccccc2)CCCC1. The summed E-state index contributed by atoms with van der Waals surface area (Å²) in [5, 5.41) is 10.9. The summed E-state index contributed by atoms with van der Waals surface area (Å²) in [5.74, 6) is 2.72. The molecule has 1 N–H and O–H groups in total. The van der Waals surface area contributed by atoms with Gasteiger partial charge in [-0.2, -0.15) is 0 Å². The standard InChI is InChI=1S/C24H36NO2/c26-23(17-25(8-4-5-9-25)16-19-6-2-1-3-7-19)18-27-24-13-20-10-21(14-24)12-22(11-20)15-24/h1-3,6-7,20-23,26H,4-5,8-18H2/q+1/t20?,21?,22?,23-,24?/m0/s1. The van der Waals surface area contributed by atoms with Crippen molar-refractivity contribution in [3.05, 3.63) is 35.9 Å². The normalized spacial score (nSPS) is 37.6. The van der Waals surface area contributed by atoms with Crippen LogP contribution in [0.3, 0.4) is 0 Å². The van der Waals surface area contributed by atoms with E-state index < -0.39 is 0 Å². The van der Waals surface area contributed by atoms with Crippen molar-refractivity contribution in [2.75, 3.05) is 26.2 Å². The zero-order valence-corrected chi connectivity index (χ0v) is 16.7. The third kappa shape index (κ3) is 3.83. The van der Waals surface area contributed by atoms with Gasteiger partial charge in [0.15, 0.2) is 0 Å². The second kappa shape index (κ2) is 7.17. The average molecular weight is 371 g/mol. The number of likely N-dealkylation sites (tertiary alicyclic amines) is 1. The van der Waals surface area contributed by atoms with Crippen LogP contribution in [-0.2, 0) is 11.3 Å². The fraction of sp³-hybridized carbons (Fsp3) is 0.750. The van der Waals surface area contributed by atoms with Crippen molar-refractivity contribution in [1.82, 2.24) is 0 Å². The van der Waals surface area contributed by atoms with Gasteiger partial charge in [-0.05, 0) is 56.3 Å². The third-order valence-electron chi connectivity index (χ3n) is 8.04. The van der Waals surface area contributed by atoms with E-state index in [0.717, 1.165) is 35.3 Å². The van der Waals surface area contributed by atoms with Crippen LogP contribution in [0, 0.1) is 17.8 Å². The van der Waals surface area contributed by atoms with Crippen LogP contribution >= 0.6 is 0 Å². The number of quaternary nitrogens is 1. The highest BCUT2D eigenvalue weighted by Gasteiger charge is 2.52. The van der Waals surface area contributed by atoms with E-state index >= 15 is 0 Å². The van der Waals surface area contributed by atoms with Crippen LogP contribution in [0.25, 0.3) is 0 Å². The Balaban J connectivity index is 1.20. The van der Waals surface area contributed by atoms with E-state index in [9.17, 15) is 5.11 Å². The van der Waals surface area contributed by atoms with Crippen LogP contribution < -0.4 is 0 Å². The second-order valence-corrected chi connectivity index (χ2v) is 10.4. The van der Waals surface area contributed by atoms with Crippen LogP contribution in [0.4, 0.5) is 0 Å². The quantitative estimate of drug-likeness (QED) is 0.731. The Bertz CT molecular complexity index is 602. The lowest BCUT2D eigenvalue weighted by atomic mass is 9.54. The van der Waals surface area contributed by atoms with Gasteiger partial charge in [0, 0.05) is 18.4 Å². The highest BCUT2D eigenvalue weighted by atomic mass is 16.5. The van der Waals surface area contributed by atoms with Gasteiger partial charge in [-0.25, -0.2) is 0 Å². The molecule has 3 nitrogen and oxygen atoms in total. The fourth-order valence-corrected chi connectivity index (χ4v) is 7.36. The van der Waals surface area contributed by atoms with Gasteiger partial charge in [0.25, 0.3) is 0 Å². The maximum Gasteiger partial charge on any atom is 0.126 e. The summed E-state index contributed by atoms with van der Waals surface area (Å²) in [5.41, 5.74) is 1.51. The van der Waals surface area contributed by atoms with Crippen LogP contribution in [0.2, 0.25) is 0 Å².